The number of aliphatic hydroxyl groups excluding tert-OH is 1. The first kappa shape index (κ1) is 23.4. The third kappa shape index (κ3) is 22.6. The van der Waals surface area contributed by atoms with Crippen molar-refractivity contribution in [3.8, 4) is 0 Å². The Morgan fingerprint density at radius 3 is 1.64 bits per heavy atom. The van der Waals surface area contributed by atoms with Crippen LogP contribution in [0.25, 0.3) is 0 Å². The van der Waals surface area contributed by atoms with Crippen molar-refractivity contribution in [3.63, 3.8) is 0 Å². The highest BCUT2D eigenvalue weighted by molar-refractivity contribution is 5.56. The van der Waals surface area contributed by atoms with Gasteiger partial charge in [0.25, 0.3) is 0 Å². The minimum Gasteiger partial charge on any atom is -0.395 e. The van der Waals surface area contributed by atoms with Gasteiger partial charge in [-0.05, 0) is 27.9 Å². The van der Waals surface area contributed by atoms with Crippen molar-refractivity contribution in [1.82, 2.24) is 10.6 Å². The summed E-state index contributed by atoms with van der Waals surface area (Å²) in [7, 11) is 3.57. The molecule has 0 rings (SSSR count). The standard InChI is InChI=1S/C4H11NO.C4H9NO.2CH4/c2*1-4(3-6)5-2;;/h4-6H,3H2,1-2H3;3-5H,1-2H3;2*1H4. The molecule has 4 heteroatoms. The first-order valence-corrected chi connectivity index (χ1v) is 4.03. The number of hydrogen-bond donors (Lipinski definition) is 3. The van der Waals surface area contributed by atoms with E-state index < -0.39 is 0 Å². The number of carbonyl (C=O) groups excluding carboxylic acids is 1. The van der Waals surface area contributed by atoms with Gasteiger partial charge in [0.15, 0.2) is 0 Å². The molecule has 0 bridgehead atoms. The SMILES string of the molecule is C.C.CNC(C)C=O.CNC(C)CO. The van der Waals surface area contributed by atoms with Crippen molar-refractivity contribution in [3.05, 3.63) is 0 Å². The van der Waals surface area contributed by atoms with Gasteiger partial charge >= 0.3 is 0 Å². The van der Waals surface area contributed by atoms with Crippen LogP contribution in [0.4, 0.5) is 0 Å². The number of likely N-dealkylation sites (N-methyl/N-ethyl adjacent to an activating group) is 2. The zero-order valence-corrected chi connectivity index (χ0v) is 8.29. The van der Waals surface area contributed by atoms with Crippen LogP contribution >= 0.6 is 0 Å². The number of hydrogen-bond acceptors (Lipinski definition) is 4. The Morgan fingerprint density at radius 2 is 1.64 bits per heavy atom. The Bertz CT molecular complexity index is 96.1. The van der Waals surface area contributed by atoms with E-state index in [2.05, 4.69) is 10.6 Å². The first-order valence-electron chi connectivity index (χ1n) is 4.03. The third-order valence-corrected chi connectivity index (χ3v) is 1.43. The van der Waals surface area contributed by atoms with E-state index in [4.69, 9.17) is 5.11 Å². The smallest absolute Gasteiger partial charge is 0.136 e. The van der Waals surface area contributed by atoms with Crippen LogP contribution in [0.5, 0.6) is 0 Å². The molecule has 0 amide bonds. The summed E-state index contributed by atoms with van der Waals surface area (Å²) in [4.78, 5) is 9.67. The molecule has 0 aromatic carbocycles. The summed E-state index contributed by atoms with van der Waals surface area (Å²) < 4.78 is 0. The fourth-order valence-corrected chi connectivity index (χ4v) is 0.159. The lowest BCUT2D eigenvalue weighted by Crippen LogP contribution is -2.24. The number of rotatable bonds is 4. The predicted molar refractivity (Wildman–Crippen MR) is 63.7 cm³/mol. The van der Waals surface area contributed by atoms with Crippen LogP contribution < -0.4 is 10.6 Å². The summed E-state index contributed by atoms with van der Waals surface area (Å²) >= 11 is 0. The molecule has 0 heterocycles. The Hall–Kier alpha value is -0.450. The molecule has 3 N–H and O–H groups in total. The summed E-state index contributed by atoms with van der Waals surface area (Å²) in [5, 5.41) is 13.9. The molecule has 0 spiro atoms. The molecule has 0 fully saturated rings. The Balaban J connectivity index is -0.0000000625. The highest BCUT2D eigenvalue weighted by Gasteiger charge is 1.88. The van der Waals surface area contributed by atoms with Gasteiger partial charge in [-0.25, -0.2) is 0 Å². The highest BCUT2D eigenvalue weighted by atomic mass is 16.3. The molecule has 0 aliphatic carbocycles. The van der Waals surface area contributed by atoms with Gasteiger partial charge in [-0.2, -0.15) is 0 Å². The topological polar surface area (TPSA) is 61.4 Å². The Morgan fingerprint density at radius 1 is 1.21 bits per heavy atom. The van der Waals surface area contributed by atoms with E-state index in [0.717, 1.165) is 6.29 Å². The van der Waals surface area contributed by atoms with Crippen molar-refractivity contribution in [2.75, 3.05) is 20.7 Å². The second-order valence-electron chi connectivity index (χ2n) is 2.59. The number of aldehydes is 1. The van der Waals surface area contributed by atoms with E-state index in [1.165, 1.54) is 0 Å². The number of carbonyl (C=O) groups is 1. The van der Waals surface area contributed by atoms with E-state index in [-0.39, 0.29) is 33.5 Å². The normalized spacial score (nSPS) is 12.1. The lowest BCUT2D eigenvalue weighted by atomic mass is 10.4. The minimum absolute atomic E-state index is 0. The molecule has 14 heavy (non-hydrogen) atoms. The number of aliphatic hydroxyl groups is 1. The monoisotopic (exact) mass is 208 g/mol. The highest BCUT2D eigenvalue weighted by Crippen LogP contribution is 1.70. The zero-order valence-electron chi connectivity index (χ0n) is 8.29. The maximum atomic E-state index is 9.67. The molecule has 0 aliphatic heterocycles. The van der Waals surface area contributed by atoms with Gasteiger partial charge in [0.05, 0.1) is 12.6 Å². The Labute approximate surface area is 89.1 Å². The number of nitrogens with one attached hydrogen (secondary N) is 2. The molecule has 0 aromatic heterocycles. The predicted octanol–water partition coefficient (Wildman–Crippen LogP) is 0.652. The average Bonchev–Trinajstić information content (AvgIpc) is 2.16. The molecular weight excluding hydrogens is 180 g/mol. The average molecular weight is 208 g/mol. The quantitative estimate of drug-likeness (QED) is 0.594. The Kier molecular flexibility index (Phi) is 30.7. The molecule has 90 valence electrons. The van der Waals surface area contributed by atoms with Gasteiger partial charge in [0, 0.05) is 6.04 Å². The van der Waals surface area contributed by atoms with Crippen molar-refractivity contribution in [2.24, 2.45) is 0 Å². The van der Waals surface area contributed by atoms with E-state index in [1.54, 1.807) is 14.0 Å². The molecule has 0 aromatic rings. The molecule has 2 atom stereocenters. The van der Waals surface area contributed by atoms with Gasteiger partial charge in [-0.15, -0.1) is 0 Å². The second-order valence-corrected chi connectivity index (χ2v) is 2.59. The molecule has 0 radical (unpaired) electrons. The van der Waals surface area contributed by atoms with Crippen LogP contribution in [0.3, 0.4) is 0 Å². The minimum atomic E-state index is 0. The maximum absolute atomic E-state index is 9.67. The molecular formula is C10H28N2O2. The van der Waals surface area contributed by atoms with E-state index in [0.29, 0.717) is 0 Å². The second kappa shape index (κ2) is 18.4. The van der Waals surface area contributed by atoms with Crippen molar-refractivity contribution < 1.29 is 9.90 Å². The lowest BCUT2D eigenvalue weighted by Gasteiger charge is -2.01. The van der Waals surface area contributed by atoms with Crippen LogP contribution in [0.15, 0.2) is 0 Å². The van der Waals surface area contributed by atoms with Crippen molar-refractivity contribution in [2.45, 2.75) is 40.8 Å². The summed E-state index contributed by atoms with van der Waals surface area (Å²) in [6.45, 7) is 3.93. The van der Waals surface area contributed by atoms with Gasteiger partial charge in [0.2, 0.25) is 0 Å². The van der Waals surface area contributed by atoms with Gasteiger partial charge < -0.3 is 20.5 Å². The molecule has 4 nitrogen and oxygen atoms in total. The molecule has 0 saturated heterocycles. The van der Waals surface area contributed by atoms with E-state index >= 15 is 0 Å². The lowest BCUT2D eigenvalue weighted by molar-refractivity contribution is -0.109. The van der Waals surface area contributed by atoms with Gasteiger partial charge in [-0.3, -0.25) is 0 Å². The molecule has 0 aliphatic rings. The summed E-state index contributed by atoms with van der Waals surface area (Å²) in [6, 6.07) is 0.245. The summed E-state index contributed by atoms with van der Waals surface area (Å²) in [6.07, 6.45) is 0.861. The molecule has 2 unspecified atom stereocenters. The zero-order chi connectivity index (χ0) is 9.98. The largest absolute Gasteiger partial charge is 0.395 e. The maximum Gasteiger partial charge on any atom is 0.136 e. The van der Waals surface area contributed by atoms with E-state index in [9.17, 15) is 4.79 Å². The van der Waals surface area contributed by atoms with E-state index in [1.807, 2.05) is 14.0 Å². The van der Waals surface area contributed by atoms with Crippen LogP contribution in [0, 0.1) is 0 Å². The molecule has 0 saturated carbocycles. The van der Waals surface area contributed by atoms with Crippen molar-refractivity contribution in [1.29, 1.82) is 0 Å². The van der Waals surface area contributed by atoms with Crippen LogP contribution in [0.1, 0.15) is 28.7 Å². The van der Waals surface area contributed by atoms with Gasteiger partial charge in [-0.1, -0.05) is 14.9 Å². The van der Waals surface area contributed by atoms with Crippen LogP contribution in [-0.2, 0) is 4.79 Å². The van der Waals surface area contributed by atoms with Crippen LogP contribution in [0.2, 0.25) is 0 Å². The summed E-state index contributed by atoms with van der Waals surface area (Å²) in [5.74, 6) is 0. The summed E-state index contributed by atoms with van der Waals surface area (Å²) in [5.41, 5.74) is 0. The fraction of sp³-hybridized carbons (Fsp3) is 0.900. The fourth-order valence-electron chi connectivity index (χ4n) is 0.159. The van der Waals surface area contributed by atoms with Gasteiger partial charge in [0.1, 0.15) is 6.29 Å². The third-order valence-electron chi connectivity index (χ3n) is 1.43. The first-order chi connectivity index (χ1) is 5.62. The van der Waals surface area contributed by atoms with Crippen molar-refractivity contribution >= 4 is 6.29 Å². The van der Waals surface area contributed by atoms with Crippen LogP contribution in [-0.4, -0.2) is 44.2 Å².